The molecule has 0 amide bonds. The van der Waals surface area contributed by atoms with Crippen molar-refractivity contribution in [3.8, 4) is 0 Å². The fourth-order valence-corrected chi connectivity index (χ4v) is 5.82. The summed E-state index contributed by atoms with van der Waals surface area (Å²) in [6.07, 6.45) is 1.30. The van der Waals surface area contributed by atoms with Crippen LogP contribution in [0, 0.1) is 0 Å². The summed E-state index contributed by atoms with van der Waals surface area (Å²) in [7, 11) is 0. The molecule has 1 saturated heterocycles. The van der Waals surface area contributed by atoms with Crippen molar-refractivity contribution in [2.75, 3.05) is 0 Å². The maximum Gasteiger partial charge on any atom is 0.183 e. The summed E-state index contributed by atoms with van der Waals surface area (Å²) in [5, 5.41) is 0. The van der Waals surface area contributed by atoms with Gasteiger partial charge in [-0.2, -0.15) is 0 Å². The smallest absolute Gasteiger partial charge is 0.183 e. The highest BCUT2D eigenvalue weighted by molar-refractivity contribution is 8.00. The molecule has 0 unspecified atom stereocenters. The maximum absolute atomic E-state index is 14.3. The topological polar surface area (TPSA) is 26.3 Å². The number of rotatable bonds is 6. The highest BCUT2D eigenvalue weighted by Crippen LogP contribution is 2.55. The minimum atomic E-state index is -0.931. The zero-order valence-corrected chi connectivity index (χ0v) is 17.7. The average Bonchev–Trinajstić information content (AvgIpc) is 3.04. The van der Waals surface area contributed by atoms with E-state index in [0.717, 1.165) is 16.0 Å². The Morgan fingerprint density at radius 3 is 1.79 bits per heavy atom. The molecule has 29 heavy (non-hydrogen) atoms. The first-order valence-corrected chi connectivity index (χ1v) is 11.1. The third-order valence-electron chi connectivity index (χ3n) is 6.05. The molecule has 0 N–H and O–H groups in total. The van der Waals surface area contributed by atoms with E-state index in [-0.39, 0.29) is 11.2 Å². The molecule has 0 bridgehead atoms. The van der Waals surface area contributed by atoms with Crippen LogP contribution in [-0.2, 0) is 20.5 Å². The van der Waals surface area contributed by atoms with E-state index < -0.39 is 11.0 Å². The quantitative estimate of drug-likeness (QED) is 0.480. The lowest BCUT2D eigenvalue weighted by Gasteiger charge is -2.32. The monoisotopic (exact) mass is 402 g/mol. The van der Waals surface area contributed by atoms with E-state index in [9.17, 15) is 4.79 Å². The number of Topliss-reactive ketones (excluding diaryl/α,β-unsaturated/α-hetero) is 1. The van der Waals surface area contributed by atoms with Gasteiger partial charge in [-0.3, -0.25) is 4.79 Å². The zero-order valence-electron chi connectivity index (χ0n) is 16.9. The number of carbonyl (C=O) groups is 1. The molecule has 1 aliphatic rings. The summed E-state index contributed by atoms with van der Waals surface area (Å²) in [5.74, 6) is 0.167. The second-order valence-corrected chi connectivity index (χ2v) is 8.58. The molecule has 0 spiro atoms. The largest absolute Gasteiger partial charge is 0.347 e. The van der Waals surface area contributed by atoms with Crippen LogP contribution in [0.25, 0.3) is 0 Å². The first kappa shape index (κ1) is 19.9. The lowest BCUT2D eigenvalue weighted by atomic mass is 9.70. The van der Waals surface area contributed by atoms with E-state index >= 15 is 0 Å². The highest BCUT2D eigenvalue weighted by atomic mass is 32.2. The molecule has 1 fully saturated rings. The molecule has 0 aliphatic carbocycles. The number of benzene rings is 3. The van der Waals surface area contributed by atoms with Crippen molar-refractivity contribution in [2.45, 2.75) is 48.0 Å². The highest BCUT2D eigenvalue weighted by Gasteiger charge is 2.63. The van der Waals surface area contributed by atoms with Gasteiger partial charge in [0, 0.05) is 4.90 Å². The Morgan fingerprint density at radius 1 is 0.759 bits per heavy atom. The van der Waals surface area contributed by atoms with E-state index in [2.05, 4.69) is 31.2 Å². The molecule has 3 aromatic carbocycles. The molecule has 0 aromatic heterocycles. The van der Waals surface area contributed by atoms with Gasteiger partial charge in [-0.15, -0.1) is 0 Å². The van der Waals surface area contributed by atoms with Crippen LogP contribution in [0.2, 0.25) is 0 Å². The van der Waals surface area contributed by atoms with Gasteiger partial charge in [0.25, 0.3) is 0 Å². The number of ketones is 1. The predicted octanol–water partition coefficient (Wildman–Crippen LogP) is 6.36. The maximum atomic E-state index is 14.3. The molecule has 3 heteroatoms. The van der Waals surface area contributed by atoms with Gasteiger partial charge in [0.2, 0.25) is 0 Å². The number of carbonyl (C=O) groups excluding carboxylic acids is 1. The van der Waals surface area contributed by atoms with Gasteiger partial charge in [0.05, 0.1) is 5.41 Å². The van der Waals surface area contributed by atoms with E-state index in [1.807, 2.05) is 73.7 Å². The number of thioether (sulfide) groups is 1. The van der Waals surface area contributed by atoms with Gasteiger partial charge in [0.15, 0.2) is 11.4 Å². The molecular weight excluding hydrogens is 376 g/mol. The van der Waals surface area contributed by atoms with Crippen LogP contribution in [0.3, 0.4) is 0 Å². The van der Waals surface area contributed by atoms with Crippen LogP contribution in [0.1, 0.15) is 37.8 Å². The van der Waals surface area contributed by atoms with Crippen molar-refractivity contribution in [3.63, 3.8) is 0 Å². The first-order chi connectivity index (χ1) is 14.2. The van der Waals surface area contributed by atoms with Gasteiger partial charge >= 0.3 is 0 Å². The second-order valence-electron chi connectivity index (χ2n) is 7.45. The van der Waals surface area contributed by atoms with E-state index in [4.69, 9.17) is 4.74 Å². The van der Waals surface area contributed by atoms with Gasteiger partial charge in [-0.1, -0.05) is 104 Å². The summed E-state index contributed by atoms with van der Waals surface area (Å²) in [6.45, 7) is 4.15. The molecule has 4 rings (SSSR count). The Bertz CT molecular complexity index is 958. The summed E-state index contributed by atoms with van der Waals surface area (Å²) in [4.78, 5) is 15.4. The first-order valence-electron chi connectivity index (χ1n) is 10.2. The molecule has 1 heterocycles. The third-order valence-corrected chi connectivity index (χ3v) is 7.31. The van der Waals surface area contributed by atoms with Crippen molar-refractivity contribution in [1.82, 2.24) is 0 Å². The van der Waals surface area contributed by atoms with Crippen molar-refractivity contribution in [1.29, 1.82) is 0 Å². The Hall–Kier alpha value is -2.36. The molecule has 3 aromatic rings. The van der Waals surface area contributed by atoms with Crippen LogP contribution in [0.15, 0.2) is 95.9 Å². The molecule has 0 saturated carbocycles. The summed E-state index contributed by atoms with van der Waals surface area (Å²) >= 11 is 1.65. The Kier molecular flexibility index (Phi) is 5.62. The molecule has 1 aliphatic heterocycles. The molecule has 2 nitrogen and oxygen atoms in total. The summed E-state index contributed by atoms with van der Waals surface area (Å²) in [6, 6.07) is 30.4. The van der Waals surface area contributed by atoms with Crippen molar-refractivity contribution >= 4 is 17.5 Å². The fraction of sp³-hybridized carbons (Fsp3) is 0.269. The van der Waals surface area contributed by atoms with Gasteiger partial charge in [-0.25, -0.2) is 0 Å². The van der Waals surface area contributed by atoms with Crippen molar-refractivity contribution < 1.29 is 9.53 Å². The number of ether oxygens (including phenoxy) is 1. The van der Waals surface area contributed by atoms with Crippen LogP contribution in [0.5, 0.6) is 0 Å². The lowest BCUT2D eigenvalue weighted by Crippen LogP contribution is -2.43. The molecule has 0 radical (unpaired) electrons. The molecule has 3 atom stereocenters. The van der Waals surface area contributed by atoms with E-state index in [1.54, 1.807) is 11.8 Å². The number of hydrogen-bond donors (Lipinski definition) is 0. The number of hydrogen-bond acceptors (Lipinski definition) is 3. The minimum absolute atomic E-state index is 0.167. The minimum Gasteiger partial charge on any atom is -0.347 e. The standard InChI is InChI=1S/C26H26O2S/c1-3-25(20-14-8-5-9-15-20)23(27)26(4-2,21-16-10-6-11-17-21)28-24(25)29-22-18-12-7-13-19-22/h5-19,24H,3-4H2,1-2H3/t24-,25-,26-/m0/s1. The van der Waals surface area contributed by atoms with Crippen molar-refractivity contribution in [2.24, 2.45) is 0 Å². The van der Waals surface area contributed by atoms with Gasteiger partial charge in [0.1, 0.15) is 5.44 Å². The second kappa shape index (κ2) is 8.17. The van der Waals surface area contributed by atoms with E-state index in [1.165, 1.54) is 0 Å². The predicted molar refractivity (Wildman–Crippen MR) is 119 cm³/mol. The van der Waals surface area contributed by atoms with Crippen LogP contribution in [-0.4, -0.2) is 11.2 Å². The lowest BCUT2D eigenvalue weighted by molar-refractivity contribution is -0.135. The van der Waals surface area contributed by atoms with Gasteiger partial charge < -0.3 is 4.74 Å². The molecule has 148 valence electrons. The Morgan fingerprint density at radius 2 is 1.28 bits per heavy atom. The van der Waals surface area contributed by atoms with Crippen LogP contribution >= 0.6 is 11.8 Å². The van der Waals surface area contributed by atoms with Crippen molar-refractivity contribution in [3.05, 3.63) is 102 Å². The Balaban J connectivity index is 1.88. The average molecular weight is 403 g/mol. The van der Waals surface area contributed by atoms with Crippen LogP contribution < -0.4 is 0 Å². The summed E-state index contributed by atoms with van der Waals surface area (Å²) in [5.41, 5.74) is 0.0438. The zero-order chi connectivity index (χ0) is 20.3. The Labute approximate surface area is 177 Å². The SMILES string of the molecule is CC[C@@]1(c2ccccc2)O[C@@H](Sc2ccccc2)[C@@](CC)(c2ccccc2)C1=O. The normalized spacial score (nSPS) is 26.6. The fourth-order valence-electron chi connectivity index (χ4n) is 4.44. The third kappa shape index (κ3) is 3.23. The van der Waals surface area contributed by atoms with Crippen LogP contribution in [0.4, 0.5) is 0 Å². The van der Waals surface area contributed by atoms with E-state index in [0.29, 0.717) is 12.8 Å². The molecular formula is C26H26O2S. The van der Waals surface area contributed by atoms with Gasteiger partial charge in [-0.05, 0) is 36.1 Å². The summed E-state index contributed by atoms with van der Waals surface area (Å²) < 4.78 is 6.78.